The van der Waals surface area contributed by atoms with E-state index in [0.29, 0.717) is 38.6 Å². The zero-order chi connectivity index (χ0) is 8.55. The molecule has 0 radical (unpaired) electrons. The molecule has 1 aliphatic rings. The van der Waals surface area contributed by atoms with Crippen LogP contribution in [0.15, 0.2) is 18.2 Å². The first-order chi connectivity index (χ1) is 5.81. The van der Waals surface area contributed by atoms with E-state index in [1.165, 1.54) is 12.1 Å². The molecule has 0 amide bonds. The van der Waals surface area contributed by atoms with Crippen LogP contribution in [0.3, 0.4) is 0 Å². The van der Waals surface area contributed by atoms with Gasteiger partial charge in [-0.3, -0.25) is 0 Å². The molecule has 0 fully saturated rings. The van der Waals surface area contributed by atoms with Gasteiger partial charge in [0.2, 0.25) is 0 Å². The molecule has 0 bridgehead atoms. The Hall–Kier alpha value is -0.168. The summed E-state index contributed by atoms with van der Waals surface area (Å²) in [5.74, 6) is 0.367. The predicted octanol–water partition coefficient (Wildman–Crippen LogP) is 1.36. The van der Waals surface area contributed by atoms with Crippen LogP contribution in [0, 0.1) is 5.82 Å². The molecule has 0 saturated carbocycles. The van der Waals surface area contributed by atoms with E-state index >= 15 is 0 Å². The van der Waals surface area contributed by atoms with E-state index in [9.17, 15) is 4.39 Å². The third-order valence-electron chi connectivity index (χ3n) is 1.88. The number of rotatable bonds is 1. The van der Waals surface area contributed by atoms with Gasteiger partial charge < -0.3 is 0 Å². The molecule has 2 rings (SSSR count). The van der Waals surface area contributed by atoms with Gasteiger partial charge in [0.05, 0.1) is 0 Å². The van der Waals surface area contributed by atoms with Gasteiger partial charge in [-0.05, 0) is 0 Å². The molecule has 1 atom stereocenters. The van der Waals surface area contributed by atoms with Gasteiger partial charge in [0.15, 0.2) is 0 Å². The van der Waals surface area contributed by atoms with Crippen LogP contribution in [0.2, 0.25) is 0 Å². The molecule has 12 heavy (non-hydrogen) atoms. The first-order valence-corrected chi connectivity index (χ1v) is 5.42. The molecule has 2 nitrogen and oxygen atoms in total. The SMILES string of the molecule is Fc1ccc2c(c1)OCC2[O][Tl]. The summed E-state index contributed by atoms with van der Waals surface area (Å²) in [6, 6.07) is 4.56. The van der Waals surface area contributed by atoms with E-state index in [0.717, 1.165) is 5.56 Å². The molecular formula is C8H6FO2Tl. The zero-order valence-corrected chi connectivity index (χ0v) is 10.8. The van der Waals surface area contributed by atoms with E-state index < -0.39 is 0 Å². The Bertz CT molecular complexity index is 303. The number of hydrogen-bond donors (Lipinski definition) is 0. The van der Waals surface area contributed by atoms with Crippen LogP contribution in [0.1, 0.15) is 11.7 Å². The first kappa shape index (κ1) is 8.43. The molecule has 1 heterocycles. The van der Waals surface area contributed by atoms with Crippen LogP contribution in [0.5, 0.6) is 5.75 Å². The normalized spacial score (nSPS) is 20.2. The van der Waals surface area contributed by atoms with E-state index in [4.69, 9.17) is 7.42 Å². The molecule has 1 aliphatic heterocycles. The first-order valence-electron chi connectivity index (χ1n) is 3.59. The Morgan fingerprint density at radius 3 is 3.17 bits per heavy atom. The average molecular weight is 358 g/mol. The number of fused-ring (bicyclic) bond motifs is 1. The molecule has 1 aromatic carbocycles. The number of ether oxygens (including phenoxy) is 1. The summed E-state index contributed by atoms with van der Waals surface area (Å²) < 4.78 is 23.2. The van der Waals surface area contributed by atoms with Crippen LogP contribution >= 0.6 is 0 Å². The standard InChI is InChI=1S/C8H6FO2.Tl/c9-5-1-2-6-7(10)4-11-8(6)3-5;/h1-3,7H,4H2;/q-1;+1. The van der Waals surface area contributed by atoms with Gasteiger partial charge in [-0.1, -0.05) is 0 Å². The van der Waals surface area contributed by atoms with Crippen molar-refractivity contribution in [1.82, 2.24) is 0 Å². The van der Waals surface area contributed by atoms with E-state index in [-0.39, 0.29) is 11.9 Å². The van der Waals surface area contributed by atoms with Gasteiger partial charge in [0.1, 0.15) is 0 Å². The van der Waals surface area contributed by atoms with Crippen molar-refractivity contribution in [2.45, 2.75) is 6.10 Å². The summed E-state index contributed by atoms with van der Waals surface area (Å²) in [6.07, 6.45) is 0.0330. The summed E-state index contributed by atoms with van der Waals surface area (Å²) in [4.78, 5) is 0. The van der Waals surface area contributed by atoms with Crippen LogP contribution in [-0.4, -0.2) is 32.8 Å². The third kappa shape index (κ3) is 1.35. The molecule has 0 spiro atoms. The molecule has 60 valence electrons. The van der Waals surface area contributed by atoms with Crippen molar-refractivity contribution in [2.24, 2.45) is 0 Å². The van der Waals surface area contributed by atoms with Crippen molar-refractivity contribution in [1.29, 1.82) is 0 Å². The van der Waals surface area contributed by atoms with E-state index in [1.807, 2.05) is 0 Å². The monoisotopic (exact) mass is 358 g/mol. The molecule has 4 heteroatoms. The summed E-state index contributed by atoms with van der Waals surface area (Å²) in [6.45, 7) is 0.523. The van der Waals surface area contributed by atoms with Gasteiger partial charge >= 0.3 is 86.1 Å². The fourth-order valence-electron chi connectivity index (χ4n) is 1.27. The molecule has 0 aromatic heterocycles. The van der Waals surface area contributed by atoms with Crippen molar-refractivity contribution < 1.29 is 11.8 Å². The summed E-state index contributed by atoms with van der Waals surface area (Å²) in [5, 5.41) is 0. The topological polar surface area (TPSA) is 18.5 Å². The van der Waals surface area contributed by atoms with E-state index in [2.05, 4.69) is 0 Å². The minimum absolute atomic E-state index is 0.0330. The van der Waals surface area contributed by atoms with Gasteiger partial charge in [-0.2, -0.15) is 0 Å². The van der Waals surface area contributed by atoms with Crippen molar-refractivity contribution >= 4 is 26.2 Å². The van der Waals surface area contributed by atoms with Gasteiger partial charge in [0.25, 0.3) is 0 Å². The Morgan fingerprint density at radius 1 is 1.58 bits per heavy atom. The molecule has 1 unspecified atom stereocenters. The number of benzene rings is 1. The quantitative estimate of drug-likeness (QED) is 0.707. The third-order valence-corrected chi connectivity index (χ3v) is 3.15. The second-order valence-corrected chi connectivity index (χ2v) is 3.68. The Kier molecular flexibility index (Phi) is 2.31. The fourth-order valence-corrected chi connectivity index (χ4v) is 2.14. The average Bonchev–Trinajstić information content (AvgIpc) is 2.46. The van der Waals surface area contributed by atoms with Crippen molar-refractivity contribution in [3.8, 4) is 5.75 Å². The molecule has 0 aliphatic carbocycles. The van der Waals surface area contributed by atoms with Gasteiger partial charge in [-0.15, -0.1) is 0 Å². The molecule has 1 aromatic rings. The Morgan fingerprint density at radius 2 is 2.42 bits per heavy atom. The Labute approximate surface area is 86.0 Å². The van der Waals surface area contributed by atoms with Crippen LogP contribution < -0.4 is 4.74 Å². The molecular weight excluding hydrogens is 351 g/mol. The van der Waals surface area contributed by atoms with Crippen molar-refractivity contribution in [2.75, 3.05) is 6.61 Å². The zero-order valence-electron chi connectivity index (χ0n) is 6.29. The summed E-state index contributed by atoms with van der Waals surface area (Å²) in [5.41, 5.74) is 0.971. The molecule has 0 N–H and O–H groups in total. The van der Waals surface area contributed by atoms with Crippen molar-refractivity contribution in [3.05, 3.63) is 29.6 Å². The van der Waals surface area contributed by atoms with Gasteiger partial charge in [-0.25, -0.2) is 0 Å². The second kappa shape index (κ2) is 3.29. The van der Waals surface area contributed by atoms with Crippen molar-refractivity contribution in [3.63, 3.8) is 0 Å². The number of hydrogen-bond acceptors (Lipinski definition) is 2. The van der Waals surface area contributed by atoms with Crippen LogP contribution in [0.4, 0.5) is 4.39 Å². The predicted molar refractivity (Wildman–Crippen MR) is 41.5 cm³/mol. The van der Waals surface area contributed by atoms with Gasteiger partial charge in [0, 0.05) is 0 Å². The fraction of sp³-hybridized carbons (Fsp3) is 0.250. The number of halogens is 1. The van der Waals surface area contributed by atoms with Crippen LogP contribution in [-0.2, 0) is 2.69 Å². The molecule has 0 saturated heterocycles. The minimum atomic E-state index is -0.259. The maximum atomic E-state index is 12.7. The second-order valence-electron chi connectivity index (χ2n) is 2.62. The summed E-state index contributed by atoms with van der Waals surface area (Å²) in [7, 11) is 0. The summed E-state index contributed by atoms with van der Waals surface area (Å²) >= 11 is 0.486. The maximum absolute atomic E-state index is 12.7. The van der Waals surface area contributed by atoms with E-state index in [1.54, 1.807) is 6.07 Å². The van der Waals surface area contributed by atoms with Crippen LogP contribution in [0.25, 0.3) is 0 Å². The Balaban J connectivity index is 2.40.